The molecule has 0 radical (unpaired) electrons. The van der Waals surface area contributed by atoms with Crippen LogP contribution in [-0.2, 0) is 0 Å². The summed E-state index contributed by atoms with van der Waals surface area (Å²) in [6.45, 7) is 3.93. The Morgan fingerprint density at radius 3 is 2.75 bits per heavy atom. The van der Waals surface area contributed by atoms with Crippen LogP contribution in [0.4, 0.5) is 11.6 Å². The maximum Gasteiger partial charge on any atom is 0.272 e. The van der Waals surface area contributed by atoms with E-state index in [4.69, 9.17) is 0 Å². The van der Waals surface area contributed by atoms with Crippen LogP contribution in [0.25, 0.3) is 16.6 Å². The largest absolute Gasteiger partial charge is 0.339 e. The van der Waals surface area contributed by atoms with E-state index in [9.17, 15) is 0 Å². The Bertz CT molecular complexity index is 1150. The number of nitrogens with zero attached hydrogens (tertiary/aromatic N) is 5. The van der Waals surface area contributed by atoms with Gasteiger partial charge in [-0.2, -0.15) is 14.5 Å². The standard InChI is InChI=1S/C18H14N6/c1-10-9-11(2)24-18(19-10)22-17(23-24)21-16-13-7-3-5-12-6-4-8-14(20-16)15(12)13/h3-9H,1-2H3,(H,20,21,23). The second-order valence-corrected chi connectivity index (χ2v) is 5.96. The lowest BCUT2D eigenvalue weighted by atomic mass is 10.1. The molecule has 6 nitrogen and oxygen atoms in total. The molecule has 0 amide bonds. The first-order valence-corrected chi connectivity index (χ1v) is 7.78. The topological polar surface area (TPSA) is 67.5 Å². The summed E-state index contributed by atoms with van der Waals surface area (Å²) in [6, 6.07) is 14.4. The first kappa shape index (κ1) is 13.2. The van der Waals surface area contributed by atoms with E-state index >= 15 is 0 Å². The summed E-state index contributed by atoms with van der Waals surface area (Å²) in [6.07, 6.45) is 0. The summed E-state index contributed by atoms with van der Waals surface area (Å²) >= 11 is 0. The molecule has 4 aromatic rings. The Kier molecular flexibility index (Phi) is 2.53. The van der Waals surface area contributed by atoms with E-state index in [1.165, 1.54) is 10.8 Å². The summed E-state index contributed by atoms with van der Waals surface area (Å²) < 4.78 is 1.72. The Morgan fingerprint density at radius 1 is 1.04 bits per heavy atom. The first-order valence-electron chi connectivity index (χ1n) is 7.78. The number of aryl methyl sites for hydroxylation is 2. The van der Waals surface area contributed by atoms with E-state index in [-0.39, 0.29) is 0 Å². The Balaban J connectivity index is 1.68. The van der Waals surface area contributed by atoms with Gasteiger partial charge < -0.3 is 5.32 Å². The van der Waals surface area contributed by atoms with Gasteiger partial charge in [-0.1, -0.05) is 30.3 Å². The number of nitrogens with one attached hydrogen (secondary N) is 1. The Hall–Kier alpha value is -3.28. The summed E-state index contributed by atoms with van der Waals surface area (Å²) in [5.74, 6) is 1.75. The predicted molar refractivity (Wildman–Crippen MR) is 94.0 cm³/mol. The van der Waals surface area contributed by atoms with E-state index < -0.39 is 0 Å². The van der Waals surface area contributed by atoms with E-state index in [0.717, 1.165) is 28.5 Å². The monoisotopic (exact) mass is 314 g/mol. The van der Waals surface area contributed by atoms with Crippen molar-refractivity contribution in [1.82, 2.24) is 19.6 Å². The molecule has 1 N–H and O–H groups in total. The van der Waals surface area contributed by atoms with Crippen molar-refractivity contribution in [3.63, 3.8) is 0 Å². The summed E-state index contributed by atoms with van der Waals surface area (Å²) in [5.41, 5.74) is 4.04. The van der Waals surface area contributed by atoms with Crippen LogP contribution in [0, 0.1) is 13.8 Å². The van der Waals surface area contributed by atoms with Crippen LogP contribution in [0.3, 0.4) is 0 Å². The van der Waals surface area contributed by atoms with Crippen molar-refractivity contribution < 1.29 is 0 Å². The average molecular weight is 314 g/mol. The molecule has 24 heavy (non-hydrogen) atoms. The minimum Gasteiger partial charge on any atom is -0.339 e. The molecule has 116 valence electrons. The highest BCUT2D eigenvalue weighted by atomic mass is 15.4. The highest BCUT2D eigenvalue weighted by Crippen LogP contribution is 2.33. The summed E-state index contributed by atoms with van der Waals surface area (Å²) in [4.78, 5) is 13.5. The SMILES string of the molecule is Cc1cc(C)n2nc(/N=C3\Nc4cccc5cccc3c45)nc2n1. The first-order chi connectivity index (χ1) is 11.7. The lowest BCUT2D eigenvalue weighted by molar-refractivity contribution is 0.885. The molecule has 0 saturated heterocycles. The fourth-order valence-corrected chi connectivity index (χ4v) is 3.23. The molecule has 1 aliphatic heterocycles. The summed E-state index contributed by atoms with van der Waals surface area (Å²) in [7, 11) is 0. The molecule has 0 spiro atoms. The van der Waals surface area contributed by atoms with Crippen LogP contribution in [0.2, 0.25) is 0 Å². The van der Waals surface area contributed by atoms with E-state index in [2.05, 4.69) is 49.6 Å². The minimum atomic E-state index is 0.406. The Morgan fingerprint density at radius 2 is 1.88 bits per heavy atom. The third kappa shape index (κ3) is 1.83. The summed E-state index contributed by atoms with van der Waals surface area (Å²) in [5, 5.41) is 10.2. The van der Waals surface area contributed by atoms with Crippen LogP contribution in [0.5, 0.6) is 0 Å². The molecule has 1 aliphatic rings. The Labute approximate surface area is 137 Å². The van der Waals surface area contributed by atoms with Crippen LogP contribution in [0.1, 0.15) is 17.0 Å². The zero-order chi connectivity index (χ0) is 16.3. The maximum atomic E-state index is 4.63. The number of anilines is 1. The van der Waals surface area contributed by atoms with Crippen LogP contribution < -0.4 is 5.32 Å². The number of rotatable bonds is 1. The van der Waals surface area contributed by atoms with Gasteiger partial charge in [0.2, 0.25) is 0 Å². The highest BCUT2D eigenvalue weighted by molar-refractivity contribution is 6.26. The smallest absolute Gasteiger partial charge is 0.272 e. The van der Waals surface area contributed by atoms with Gasteiger partial charge >= 0.3 is 0 Å². The van der Waals surface area contributed by atoms with Gasteiger partial charge in [-0.05, 0) is 31.4 Å². The molecule has 0 aliphatic carbocycles. The third-order valence-corrected chi connectivity index (χ3v) is 4.23. The molecular formula is C18H14N6. The van der Waals surface area contributed by atoms with Crippen molar-refractivity contribution in [2.45, 2.75) is 13.8 Å². The maximum absolute atomic E-state index is 4.63. The van der Waals surface area contributed by atoms with Crippen molar-refractivity contribution >= 4 is 34.0 Å². The molecule has 6 heteroatoms. The number of hydrogen-bond acceptors (Lipinski definition) is 4. The zero-order valence-corrected chi connectivity index (χ0v) is 13.3. The van der Waals surface area contributed by atoms with Crippen LogP contribution >= 0.6 is 0 Å². The van der Waals surface area contributed by atoms with Gasteiger partial charge in [-0.3, -0.25) is 0 Å². The lowest BCUT2D eigenvalue weighted by Crippen LogP contribution is -2.06. The average Bonchev–Trinajstić information content (AvgIpc) is 3.12. The second-order valence-electron chi connectivity index (χ2n) is 5.96. The molecule has 0 saturated carbocycles. The van der Waals surface area contributed by atoms with Crippen molar-refractivity contribution in [2.24, 2.45) is 4.99 Å². The fraction of sp³-hybridized carbons (Fsp3) is 0.111. The number of hydrogen-bond donors (Lipinski definition) is 1. The minimum absolute atomic E-state index is 0.406. The van der Waals surface area contributed by atoms with E-state index in [1.807, 2.05) is 32.0 Å². The van der Waals surface area contributed by atoms with Gasteiger partial charge in [0.15, 0.2) is 0 Å². The van der Waals surface area contributed by atoms with Crippen molar-refractivity contribution in [1.29, 1.82) is 0 Å². The second kappa shape index (κ2) is 4.61. The predicted octanol–water partition coefficient (Wildman–Crippen LogP) is 3.40. The van der Waals surface area contributed by atoms with Gasteiger partial charge in [-0.25, -0.2) is 4.98 Å². The lowest BCUT2D eigenvalue weighted by Gasteiger charge is -1.98. The molecule has 0 fully saturated rings. The molecule has 3 heterocycles. The number of aromatic nitrogens is 4. The van der Waals surface area contributed by atoms with Crippen LogP contribution in [-0.4, -0.2) is 25.4 Å². The molecule has 5 rings (SSSR count). The van der Waals surface area contributed by atoms with Gasteiger partial charge in [0.25, 0.3) is 11.7 Å². The molecule has 2 aromatic carbocycles. The van der Waals surface area contributed by atoms with Crippen molar-refractivity contribution in [3.8, 4) is 0 Å². The molecular weight excluding hydrogens is 300 g/mol. The number of amidine groups is 1. The van der Waals surface area contributed by atoms with Gasteiger partial charge in [0, 0.05) is 28.0 Å². The number of aliphatic imine (C=N–C) groups is 1. The van der Waals surface area contributed by atoms with Gasteiger partial charge in [0.1, 0.15) is 5.84 Å². The quantitative estimate of drug-likeness (QED) is 0.585. The molecule has 0 bridgehead atoms. The van der Waals surface area contributed by atoms with Crippen molar-refractivity contribution in [2.75, 3.05) is 5.32 Å². The third-order valence-electron chi connectivity index (χ3n) is 4.23. The highest BCUT2D eigenvalue weighted by Gasteiger charge is 2.20. The fourth-order valence-electron chi connectivity index (χ4n) is 3.23. The van der Waals surface area contributed by atoms with Crippen LogP contribution in [0.15, 0.2) is 47.5 Å². The normalized spacial score (nSPS) is 14.7. The van der Waals surface area contributed by atoms with Gasteiger partial charge in [-0.15, -0.1) is 5.10 Å². The van der Waals surface area contributed by atoms with E-state index in [1.54, 1.807) is 4.52 Å². The number of fused-ring (bicyclic) bond motifs is 1. The molecule has 0 atom stereocenters. The van der Waals surface area contributed by atoms with Crippen molar-refractivity contribution in [3.05, 3.63) is 59.4 Å². The molecule has 2 aromatic heterocycles. The number of benzene rings is 2. The van der Waals surface area contributed by atoms with E-state index in [0.29, 0.717) is 11.7 Å². The zero-order valence-electron chi connectivity index (χ0n) is 13.3. The van der Waals surface area contributed by atoms with Gasteiger partial charge in [0.05, 0.1) is 0 Å². The molecule has 0 unspecified atom stereocenters.